The highest BCUT2D eigenvalue weighted by Gasteiger charge is 2.20. The average molecular weight is 320 g/mol. The van der Waals surface area contributed by atoms with E-state index in [4.69, 9.17) is 4.42 Å². The van der Waals surface area contributed by atoms with Crippen LogP contribution in [0.5, 0.6) is 0 Å². The van der Waals surface area contributed by atoms with E-state index in [1.165, 1.54) is 25.5 Å². The van der Waals surface area contributed by atoms with Gasteiger partial charge in [0, 0.05) is 25.6 Å². The molecule has 23 heavy (non-hydrogen) atoms. The number of nitrogens with one attached hydrogen (secondary N) is 1. The van der Waals surface area contributed by atoms with Crippen molar-refractivity contribution in [2.75, 3.05) is 13.1 Å². The van der Waals surface area contributed by atoms with Crippen molar-refractivity contribution < 1.29 is 14.0 Å². The molecule has 1 aromatic rings. The average Bonchev–Trinajstić information content (AvgIpc) is 2.98. The quantitative estimate of drug-likeness (QED) is 0.838. The molecule has 0 saturated heterocycles. The molecule has 1 fully saturated rings. The van der Waals surface area contributed by atoms with Crippen LogP contribution in [0.2, 0.25) is 0 Å². The van der Waals surface area contributed by atoms with E-state index in [9.17, 15) is 9.59 Å². The van der Waals surface area contributed by atoms with Gasteiger partial charge in [-0.2, -0.15) is 0 Å². The van der Waals surface area contributed by atoms with Crippen molar-refractivity contribution in [3.05, 3.63) is 23.7 Å². The van der Waals surface area contributed by atoms with Crippen molar-refractivity contribution in [1.29, 1.82) is 0 Å². The van der Waals surface area contributed by atoms with Crippen molar-refractivity contribution in [2.45, 2.75) is 64.8 Å². The van der Waals surface area contributed by atoms with Gasteiger partial charge in [-0.25, -0.2) is 0 Å². The first kappa shape index (κ1) is 17.6. The Kier molecular flexibility index (Phi) is 6.68. The van der Waals surface area contributed by atoms with Crippen molar-refractivity contribution in [1.82, 2.24) is 10.2 Å². The van der Waals surface area contributed by atoms with Crippen LogP contribution in [-0.4, -0.2) is 35.8 Å². The van der Waals surface area contributed by atoms with Crippen LogP contribution in [0.3, 0.4) is 0 Å². The molecule has 1 aliphatic rings. The zero-order chi connectivity index (χ0) is 16.7. The second-order valence-electron chi connectivity index (χ2n) is 6.34. The fourth-order valence-corrected chi connectivity index (χ4v) is 3.15. The second kappa shape index (κ2) is 8.75. The molecule has 0 spiro atoms. The molecule has 0 bridgehead atoms. The molecule has 2 rings (SSSR count). The number of carbonyl (C=O) groups excluding carboxylic acids is 2. The number of rotatable bonds is 7. The van der Waals surface area contributed by atoms with Gasteiger partial charge in [0.25, 0.3) is 5.91 Å². The standard InChI is InChI=1S/C18H28N2O3/c1-3-11-20(18(22)16-10-13-23-14(16)2)12-9-17(21)19-15-7-5-4-6-8-15/h10,13,15H,3-9,11-12H2,1-2H3,(H,19,21). The smallest absolute Gasteiger partial charge is 0.257 e. The Morgan fingerprint density at radius 1 is 1.26 bits per heavy atom. The van der Waals surface area contributed by atoms with Gasteiger partial charge >= 0.3 is 0 Å². The molecule has 1 heterocycles. The van der Waals surface area contributed by atoms with Gasteiger partial charge in [0.1, 0.15) is 5.76 Å². The predicted octanol–water partition coefficient (Wildman–Crippen LogP) is 3.28. The number of furan rings is 1. The molecule has 0 aromatic carbocycles. The molecule has 0 atom stereocenters. The third kappa shape index (κ3) is 5.12. The van der Waals surface area contributed by atoms with E-state index in [1.807, 2.05) is 6.92 Å². The summed E-state index contributed by atoms with van der Waals surface area (Å²) in [4.78, 5) is 26.4. The Bertz CT molecular complexity index is 518. The summed E-state index contributed by atoms with van der Waals surface area (Å²) in [5, 5.41) is 3.11. The fourth-order valence-electron chi connectivity index (χ4n) is 3.15. The highest BCUT2D eigenvalue weighted by Crippen LogP contribution is 2.17. The molecular formula is C18H28N2O3. The van der Waals surface area contributed by atoms with Crippen LogP contribution in [-0.2, 0) is 4.79 Å². The highest BCUT2D eigenvalue weighted by molar-refractivity contribution is 5.95. The van der Waals surface area contributed by atoms with E-state index >= 15 is 0 Å². The van der Waals surface area contributed by atoms with Crippen LogP contribution in [0.1, 0.15) is 68.0 Å². The van der Waals surface area contributed by atoms with E-state index in [0.717, 1.165) is 19.3 Å². The Labute approximate surface area is 138 Å². The van der Waals surface area contributed by atoms with Crippen LogP contribution in [0.15, 0.2) is 16.7 Å². The number of aryl methyl sites for hydroxylation is 1. The highest BCUT2D eigenvalue weighted by atomic mass is 16.3. The summed E-state index contributed by atoms with van der Waals surface area (Å²) in [6.45, 7) is 4.92. The maximum Gasteiger partial charge on any atom is 0.257 e. The summed E-state index contributed by atoms with van der Waals surface area (Å²) >= 11 is 0. The van der Waals surface area contributed by atoms with Crippen LogP contribution >= 0.6 is 0 Å². The van der Waals surface area contributed by atoms with Crippen LogP contribution in [0, 0.1) is 6.92 Å². The van der Waals surface area contributed by atoms with Gasteiger partial charge in [0.05, 0.1) is 11.8 Å². The van der Waals surface area contributed by atoms with E-state index in [0.29, 0.717) is 36.9 Å². The maximum atomic E-state index is 12.6. The normalized spacial score (nSPS) is 15.4. The molecule has 1 aliphatic carbocycles. The van der Waals surface area contributed by atoms with Gasteiger partial charge < -0.3 is 14.6 Å². The summed E-state index contributed by atoms with van der Waals surface area (Å²) in [6.07, 6.45) is 8.59. The SMILES string of the molecule is CCCN(CCC(=O)NC1CCCCC1)C(=O)c1ccoc1C. The van der Waals surface area contributed by atoms with Crippen LogP contribution in [0.4, 0.5) is 0 Å². The molecule has 128 valence electrons. The largest absolute Gasteiger partial charge is 0.469 e. The summed E-state index contributed by atoms with van der Waals surface area (Å²) in [6, 6.07) is 2.02. The topological polar surface area (TPSA) is 62.6 Å². The van der Waals surface area contributed by atoms with Gasteiger partial charge in [-0.3, -0.25) is 9.59 Å². The number of hydrogen-bond acceptors (Lipinski definition) is 3. The number of carbonyl (C=O) groups is 2. The molecule has 0 unspecified atom stereocenters. The lowest BCUT2D eigenvalue weighted by Gasteiger charge is -2.25. The second-order valence-corrected chi connectivity index (χ2v) is 6.34. The number of nitrogens with zero attached hydrogens (tertiary/aromatic N) is 1. The molecule has 0 radical (unpaired) electrons. The van der Waals surface area contributed by atoms with Crippen LogP contribution in [0.25, 0.3) is 0 Å². The van der Waals surface area contributed by atoms with E-state index in [1.54, 1.807) is 17.9 Å². The molecule has 5 heteroatoms. The van der Waals surface area contributed by atoms with Gasteiger partial charge in [0.2, 0.25) is 5.91 Å². The van der Waals surface area contributed by atoms with Crippen LogP contribution < -0.4 is 5.32 Å². The van der Waals surface area contributed by atoms with Crippen molar-refractivity contribution in [2.24, 2.45) is 0 Å². The fraction of sp³-hybridized carbons (Fsp3) is 0.667. The minimum absolute atomic E-state index is 0.0507. The lowest BCUT2D eigenvalue weighted by atomic mass is 9.95. The first-order valence-electron chi connectivity index (χ1n) is 8.74. The summed E-state index contributed by atoms with van der Waals surface area (Å²) in [5.74, 6) is 0.626. The first-order chi connectivity index (χ1) is 11.1. The Morgan fingerprint density at radius 3 is 2.61 bits per heavy atom. The molecule has 5 nitrogen and oxygen atoms in total. The monoisotopic (exact) mass is 320 g/mol. The van der Waals surface area contributed by atoms with E-state index in [2.05, 4.69) is 5.32 Å². The Balaban J connectivity index is 1.85. The first-order valence-corrected chi connectivity index (χ1v) is 8.74. The molecule has 2 amide bonds. The van der Waals surface area contributed by atoms with Gasteiger partial charge in [-0.15, -0.1) is 0 Å². The minimum Gasteiger partial charge on any atom is -0.469 e. The summed E-state index contributed by atoms with van der Waals surface area (Å²) in [7, 11) is 0. The zero-order valence-electron chi connectivity index (χ0n) is 14.3. The van der Waals surface area contributed by atoms with Crippen molar-refractivity contribution in [3.63, 3.8) is 0 Å². The van der Waals surface area contributed by atoms with Crippen molar-refractivity contribution in [3.8, 4) is 0 Å². The maximum absolute atomic E-state index is 12.6. The third-order valence-electron chi connectivity index (χ3n) is 4.45. The van der Waals surface area contributed by atoms with Gasteiger partial charge in [0.15, 0.2) is 0 Å². The Morgan fingerprint density at radius 2 is 2.00 bits per heavy atom. The summed E-state index contributed by atoms with van der Waals surface area (Å²) in [5.41, 5.74) is 0.589. The predicted molar refractivity (Wildman–Crippen MR) is 89.3 cm³/mol. The van der Waals surface area contributed by atoms with Gasteiger partial charge in [-0.05, 0) is 32.3 Å². The molecular weight excluding hydrogens is 292 g/mol. The number of amides is 2. The third-order valence-corrected chi connectivity index (χ3v) is 4.45. The zero-order valence-corrected chi connectivity index (χ0v) is 14.3. The molecule has 1 saturated carbocycles. The lowest BCUT2D eigenvalue weighted by molar-refractivity contribution is -0.122. The van der Waals surface area contributed by atoms with E-state index < -0.39 is 0 Å². The summed E-state index contributed by atoms with van der Waals surface area (Å²) < 4.78 is 5.21. The molecule has 1 N–H and O–H groups in total. The van der Waals surface area contributed by atoms with E-state index in [-0.39, 0.29) is 11.8 Å². The van der Waals surface area contributed by atoms with Gasteiger partial charge in [-0.1, -0.05) is 26.2 Å². The molecule has 0 aliphatic heterocycles. The molecule has 1 aromatic heterocycles. The lowest BCUT2D eigenvalue weighted by Crippen LogP contribution is -2.39. The number of hydrogen-bond donors (Lipinski definition) is 1. The minimum atomic E-state index is -0.0523. The van der Waals surface area contributed by atoms with Crippen molar-refractivity contribution >= 4 is 11.8 Å². The Hall–Kier alpha value is -1.78.